The van der Waals surface area contributed by atoms with Gasteiger partial charge in [0.25, 0.3) is 0 Å². The maximum atomic E-state index is 5.84. The quantitative estimate of drug-likeness (QED) is 0.561. The minimum Gasteiger partial charge on any atom is -0.489 e. The van der Waals surface area contributed by atoms with Gasteiger partial charge in [-0.2, -0.15) is 0 Å². The van der Waals surface area contributed by atoms with Crippen molar-refractivity contribution in [2.75, 3.05) is 6.61 Å². The first kappa shape index (κ1) is 12.0. The summed E-state index contributed by atoms with van der Waals surface area (Å²) in [5, 5.41) is 4.56. The summed E-state index contributed by atoms with van der Waals surface area (Å²) in [5.41, 5.74) is 2.19. The van der Waals surface area contributed by atoms with E-state index in [4.69, 9.17) is 4.74 Å². The predicted molar refractivity (Wildman–Crippen MR) is 86.8 cm³/mol. The fourth-order valence-corrected chi connectivity index (χ4v) is 2.85. The normalized spacial score (nSPS) is 11.2. The summed E-state index contributed by atoms with van der Waals surface area (Å²) in [6.45, 7) is 4.21. The van der Waals surface area contributed by atoms with Crippen LogP contribution in [0.5, 0.6) is 5.75 Å². The third-order valence-electron chi connectivity index (χ3n) is 3.72. The van der Waals surface area contributed by atoms with Crippen LogP contribution in [-0.4, -0.2) is 16.6 Å². The van der Waals surface area contributed by atoms with Crippen molar-refractivity contribution in [3.63, 3.8) is 0 Å². The smallest absolute Gasteiger partial charge is 0.128 e. The van der Waals surface area contributed by atoms with Crippen LogP contribution in [0.2, 0.25) is 0 Å². The van der Waals surface area contributed by atoms with E-state index in [9.17, 15) is 0 Å². The molecule has 0 atom stereocenters. The minimum atomic E-state index is 0.496. The van der Waals surface area contributed by atoms with Crippen LogP contribution < -0.4 is 4.74 Å². The highest BCUT2D eigenvalue weighted by atomic mass is 16.5. The number of pyridine rings is 1. The van der Waals surface area contributed by atoms with Gasteiger partial charge < -0.3 is 9.72 Å². The van der Waals surface area contributed by atoms with E-state index in [1.165, 1.54) is 0 Å². The molecule has 102 valence electrons. The molecule has 4 rings (SSSR count). The lowest BCUT2D eigenvalue weighted by molar-refractivity contribution is 0.368. The third-order valence-corrected chi connectivity index (χ3v) is 3.72. The Kier molecular flexibility index (Phi) is 2.64. The van der Waals surface area contributed by atoms with E-state index in [2.05, 4.69) is 34.7 Å². The zero-order valence-corrected chi connectivity index (χ0v) is 11.5. The average molecular weight is 274 g/mol. The highest BCUT2D eigenvalue weighted by Crippen LogP contribution is 2.36. The molecule has 3 heteroatoms. The molecule has 0 fully saturated rings. The number of ether oxygens (including phenoxy) is 1. The number of fused-ring (bicyclic) bond motifs is 5. The molecular formula is C18H14N2O. The molecule has 0 aliphatic rings. The molecule has 2 aromatic carbocycles. The maximum Gasteiger partial charge on any atom is 0.128 e. The number of hydrogen-bond acceptors (Lipinski definition) is 2. The number of benzene rings is 2. The van der Waals surface area contributed by atoms with Crippen LogP contribution >= 0.6 is 0 Å². The molecule has 2 aromatic heterocycles. The molecule has 0 bridgehead atoms. The van der Waals surface area contributed by atoms with Gasteiger partial charge in [0.1, 0.15) is 12.4 Å². The van der Waals surface area contributed by atoms with Gasteiger partial charge in [-0.05, 0) is 23.6 Å². The van der Waals surface area contributed by atoms with Crippen LogP contribution in [0.3, 0.4) is 0 Å². The Bertz CT molecular complexity index is 969. The van der Waals surface area contributed by atoms with E-state index in [0.29, 0.717) is 6.61 Å². The van der Waals surface area contributed by atoms with Crippen LogP contribution in [0.15, 0.2) is 61.4 Å². The van der Waals surface area contributed by atoms with Crippen molar-refractivity contribution in [2.45, 2.75) is 0 Å². The van der Waals surface area contributed by atoms with Gasteiger partial charge in [0.2, 0.25) is 0 Å². The van der Waals surface area contributed by atoms with Gasteiger partial charge in [0.05, 0.1) is 0 Å². The molecule has 3 nitrogen and oxygen atoms in total. The Balaban J connectivity index is 2.17. The SMILES string of the molecule is C=CCOc1cccc2ccc3[nH]c4ccncc4c3c12. The van der Waals surface area contributed by atoms with Gasteiger partial charge in [-0.3, -0.25) is 4.98 Å². The van der Waals surface area contributed by atoms with Crippen LogP contribution in [-0.2, 0) is 0 Å². The Hall–Kier alpha value is -2.81. The number of nitrogens with one attached hydrogen (secondary N) is 1. The van der Waals surface area contributed by atoms with Gasteiger partial charge in [0.15, 0.2) is 0 Å². The highest BCUT2D eigenvalue weighted by Gasteiger charge is 2.11. The standard InChI is InChI=1S/C18H14N2O/c1-2-10-21-16-5-3-4-12-6-7-15-18(17(12)16)13-11-19-9-8-14(13)20-15/h2-9,11,20H,1,10H2. The Labute approximate surface area is 121 Å². The van der Waals surface area contributed by atoms with Crippen molar-refractivity contribution in [3.8, 4) is 5.75 Å². The van der Waals surface area contributed by atoms with E-state index in [-0.39, 0.29) is 0 Å². The number of H-pyrrole nitrogens is 1. The zero-order valence-electron chi connectivity index (χ0n) is 11.5. The van der Waals surface area contributed by atoms with E-state index in [0.717, 1.165) is 38.3 Å². The van der Waals surface area contributed by atoms with E-state index in [1.54, 1.807) is 12.3 Å². The zero-order chi connectivity index (χ0) is 14.2. The predicted octanol–water partition coefficient (Wildman–Crippen LogP) is 4.43. The Morgan fingerprint density at radius 1 is 1.10 bits per heavy atom. The second-order valence-corrected chi connectivity index (χ2v) is 4.99. The first-order chi connectivity index (χ1) is 10.4. The molecule has 0 aliphatic heterocycles. The van der Waals surface area contributed by atoms with Gasteiger partial charge in [-0.25, -0.2) is 0 Å². The van der Waals surface area contributed by atoms with Crippen LogP contribution in [0.4, 0.5) is 0 Å². The summed E-state index contributed by atoms with van der Waals surface area (Å²) in [4.78, 5) is 7.69. The lowest BCUT2D eigenvalue weighted by Gasteiger charge is -2.09. The monoisotopic (exact) mass is 274 g/mol. The average Bonchev–Trinajstić information content (AvgIpc) is 2.91. The lowest BCUT2D eigenvalue weighted by atomic mass is 10.0. The van der Waals surface area contributed by atoms with Crippen molar-refractivity contribution in [1.29, 1.82) is 0 Å². The molecule has 0 amide bonds. The Morgan fingerprint density at radius 3 is 2.95 bits per heavy atom. The topological polar surface area (TPSA) is 37.9 Å². The van der Waals surface area contributed by atoms with E-state index >= 15 is 0 Å². The van der Waals surface area contributed by atoms with Crippen molar-refractivity contribution < 1.29 is 4.74 Å². The van der Waals surface area contributed by atoms with E-state index < -0.39 is 0 Å². The third kappa shape index (κ3) is 1.78. The molecule has 4 aromatic rings. The number of nitrogens with zero attached hydrogens (tertiary/aromatic N) is 1. The summed E-state index contributed by atoms with van der Waals surface area (Å²) in [5.74, 6) is 0.878. The molecule has 0 aliphatic carbocycles. The summed E-state index contributed by atoms with van der Waals surface area (Å²) >= 11 is 0. The van der Waals surface area contributed by atoms with Gasteiger partial charge >= 0.3 is 0 Å². The second kappa shape index (κ2) is 4.63. The molecule has 0 saturated heterocycles. The molecular weight excluding hydrogens is 260 g/mol. The van der Waals surface area contributed by atoms with Crippen molar-refractivity contribution in [3.05, 3.63) is 61.4 Å². The van der Waals surface area contributed by atoms with Gasteiger partial charge in [0, 0.05) is 39.6 Å². The van der Waals surface area contributed by atoms with Crippen molar-refractivity contribution >= 4 is 32.6 Å². The number of rotatable bonds is 3. The molecule has 0 saturated carbocycles. The number of aromatic amines is 1. The number of aromatic nitrogens is 2. The summed E-state index contributed by atoms with van der Waals surface area (Å²) in [6.07, 6.45) is 5.46. The molecule has 0 radical (unpaired) electrons. The maximum absolute atomic E-state index is 5.84. The molecule has 0 spiro atoms. The van der Waals surface area contributed by atoms with Crippen LogP contribution in [0.1, 0.15) is 0 Å². The van der Waals surface area contributed by atoms with E-state index in [1.807, 2.05) is 24.4 Å². The van der Waals surface area contributed by atoms with Crippen LogP contribution in [0, 0.1) is 0 Å². The second-order valence-electron chi connectivity index (χ2n) is 4.99. The summed E-state index contributed by atoms with van der Waals surface area (Å²) in [6, 6.07) is 12.3. The molecule has 2 heterocycles. The molecule has 21 heavy (non-hydrogen) atoms. The van der Waals surface area contributed by atoms with Crippen molar-refractivity contribution in [1.82, 2.24) is 9.97 Å². The van der Waals surface area contributed by atoms with Crippen LogP contribution in [0.25, 0.3) is 32.6 Å². The Morgan fingerprint density at radius 2 is 2.05 bits per heavy atom. The first-order valence-electron chi connectivity index (χ1n) is 6.89. The summed E-state index contributed by atoms with van der Waals surface area (Å²) in [7, 11) is 0. The fraction of sp³-hybridized carbons (Fsp3) is 0.0556. The highest BCUT2D eigenvalue weighted by molar-refractivity contribution is 6.21. The summed E-state index contributed by atoms with van der Waals surface area (Å²) < 4.78 is 5.84. The fourth-order valence-electron chi connectivity index (χ4n) is 2.85. The first-order valence-corrected chi connectivity index (χ1v) is 6.89. The molecule has 1 N–H and O–H groups in total. The van der Waals surface area contributed by atoms with Gasteiger partial charge in [-0.1, -0.05) is 30.9 Å². The van der Waals surface area contributed by atoms with Gasteiger partial charge in [-0.15, -0.1) is 0 Å². The molecule has 0 unspecified atom stereocenters. The van der Waals surface area contributed by atoms with Crippen molar-refractivity contribution in [2.24, 2.45) is 0 Å². The number of hydrogen-bond donors (Lipinski definition) is 1. The largest absolute Gasteiger partial charge is 0.489 e. The minimum absolute atomic E-state index is 0.496. The lowest BCUT2D eigenvalue weighted by Crippen LogP contribution is -1.93.